The lowest BCUT2D eigenvalue weighted by molar-refractivity contribution is 0.0602. The average Bonchev–Trinajstić information content (AvgIpc) is 3.52. The van der Waals surface area contributed by atoms with Crippen molar-refractivity contribution in [2.45, 2.75) is 11.3 Å². The number of ether oxygens (including phenoxy) is 4. The van der Waals surface area contributed by atoms with E-state index in [2.05, 4.69) is 31.3 Å². The van der Waals surface area contributed by atoms with Gasteiger partial charge < -0.3 is 28.7 Å². The summed E-state index contributed by atoms with van der Waals surface area (Å²) in [5, 5.41) is 2.24. The number of hydrogen-bond donors (Lipinski definition) is 1. The highest BCUT2D eigenvalue weighted by atomic mass is 32.2. The number of nitrogens with one attached hydrogen (secondary N) is 1. The normalized spacial score (nSPS) is 14.4. The fourth-order valence-corrected chi connectivity index (χ4v) is 7.09. The van der Waals surface area contributed by atoms with Crippen LogP contribution in [0.25, 0.3) is 10.9 Å². The first-order valence-electron chi connectivity index (χ1n) is 13.9. The Morgan fingerprint density at radius 1 is 1.02 bits per heavy atom. The number of piperazine rings is 1. The second-order valence-electron chi connectivity index (χ2n) is 10.2. The molecule has 0 aliphatic carbocycles. The fourth-order valence-electron chi connectivity index (χ4n) is 4.70. The van der Waals surface area contributed by atoms with Crippen molar-refractivity contribution in [1.82, 2.24) is 14.8 Å². The van der Waals surface area contributed by atoms with E-state index in [9.17, 15) is 13.2 Å². The summed E-state index contributed by atoms with van der Waals surface area (Å²) in [7, 11) is 0.687. The molecule has 0 bridgehead atoms. The van der Waals surface area contributed by atoms with Crippen molar-refractivity contribution in [2.24, 2.45) is 0 Å². The number of likely N-dealkylation sites (N-methyl/N-ethyl adjacent to an activating group) is 1. The van der Waals surface area contributed by atoms with Gasteiger partial charge in [-0.05, 0) is 49.2 Å². The van der Waals surface area contributed by atoms with Crippen molar-refractivity contribution in [3.05, 3.63) is 64.6 Å². The van der Waals surface area contributed by atoms with E-state index in [1.54, 1.807) is 25.3 Å². The molecule has 0 unspecified atom stereocenters. The number of fused-ring (bicyclic) bond motifs is 1. The van der Waals surface area contributed by atoms with E-state index in [1.165, 1.54) is 23.6 Å². The summed E-state index contributed by atoms with van der Waals surface area (Å²) in [5.41, 5.74) is 0.518. The van der Waals surface area contributed by atoms with Crippen LogP contribution in [0.1, 0.15) is 16.1 Å². The van der Waals surface area contributed by atoms with E-state index >= 15 is 4.39 Å². The molecule has 4 aromatic rings. The van der Waals surface area contributed by atoms with Crippen LogP contribution in [-0.2, 0) is 14.8 Å². The first-order chi connectivity index (χ1) is 21.2. The molecule has 0 saturated carbocycles. The van der Waals surface area contributed by atoms with Gasteiger partial charge in [0.15, 0.2) is 23.1 Å². The largest absolute Gasteiger partial charge is 0.493 e. The monoisotopic (exact) mass is 644 g/mol. The van der Waals surface area contributed by atoms with Crippen LogP contribution in [0.15, 0.2) is 58.8 Å². The van der Waals surface area contributed by atoms with E-state index in [1.807, 2.05) is 6.07 Å². The SMILES string of the molecule is COC(=O)c1sccc1S(=O)(=O)Nc1ccc(Oc2ccc3cc(OC)c(OCCCN4CCN(C)CC4)cc3n2)c(F)c1. The quantitative estimate of drug-likeness (QED) is 0.170. The van der Waals surface area contributed by atoms with Crippen LogP contribution >= 0.6 is 11.3 Å². The highest BCUT2D eigenvalue weighted by Crippen LogP contribution is 2.34. The van der Waals surface area contributed by atoms with Gasteiger partial charge in [-0.15, -0.1) is 11.3 Å². The Kier molecular flexibility index (Phi) is 9.84. The predicted molar refractivity (Wildman–Crippen MR) is 165 cm³/mol. The first-order valence-corrected chi connectivity index (χ1v) is 16.2. The maximum Gasteiger partial charge on any atom is 0.349 e. The van der Waals surface area contributed by atoms with E-state index in [0.29, 0.717) is 23.6 Å². The minimum atomic E-state index is -4.18. The van der Waals surface area contributed by atoms with E-state index in [4.69, 9.17) is 14.2 Å². The Morgan fingerprint density at radius 3 is 2.55 bits per heavy atom. The Balaban J connectivity index is 1.25. The number of benzene rings is 2. The molecule has 0 amide bonds. The van der Waals surface area contributed by atoms with Crippen LogP contribution in [0.5, 0.6) is 23.1 Å². The lowest BCUT2D eigenvalue weighted by Gasteiger charge is -2.32. The Morgan fingerprint density at radius 2 is 1.82 bits per heavy atom. The molecule has 2 aromatic heterocycles. The number of esters is 1. The van der Waals surface area contributed by atoms with Crippen molar-refractivity contribution < 1.29 is 36.6 Å². The van der Waals surface area contributed by atoms with Gasteiger partial charge in [0.25, 0.3) is 10.0 Å². The van der Waals surface area contributed by atoms with Crippen LogP contribution in [-0.4, -0.2) is 89.8 Å². The standard InChI is InChI=1S/C30H33FN4O7S2/c1-34-11-13-35(14-12-34)10-4-15-41-26-19-23-20(17-25(26)39-2)5-8-28(32-23)42-24-7-6-21(18-22(24)31)33-44(37,38)27-9-16-43-29(27)30(36)40-3/h5-9,16-19,33H,4,10-15H2,1-3H3. The average molecular weight is 645 g/mol. The molecular formula is C30H33FN4O7S2. The Bertz CT molecular complexity index is 1740. The lowest BCUT2D eigenvalue weighted by atomic mass is 10.2. The number of methoxy groups -OCH3 is 2. The van der Waals surface area contributed by atoms with Crippen molar-refractivity contribution in [3.63, 3.8) is 0 Å². The number of carbonyl (C=O) groups is 1. The van der Waals surface area contributed by atoms with Gasteiger partial charge in [0.2, 0.25) is 5.88 Å². The molecule has 11 nitrogen and oxygen atoms in total. The molecule has 44 heavy (non-hydrogen) atoms. The van der Waals surface area contributed by atoms with E-state index < -0.39 is 21.8 Å². The molecule has 1 aliphatic rings. The van der Waals surface area contributed by atoms with Gasteiger partial charge in [0.05, 0.1) is 32.0 Å². The molecule has 234 valence electrons. The first kappa shape index (κ1) is 31.4. The van der Waals surface area contributed by atoms with Crippen LogP contribution in [0.2, 0.25) is 0 Å². The van der Waals surface area contributed by atoms with Crippen LogP contribution in [0, 0.1) is 5.82 Å². The zero-order chi connectivity index (χ0) is 31.3. The second kappa shape index (κ2) is 13.8. The lowest BCUT2D eigenvalue weighted by Crippen LogP contribution is -2.44. The second-order valence-corrected chi connectivity index (χ2v) is 12.7. The number of carbonyl (C=O) groups excluding carboxylic acids is 1. The predicted octanol–water partition coefficient (Wildman–Crippen LogP) is 4.84. The topological polar surface area (TPSA) is 120 Å². The van der Waals surface area contributed by atoms with Gasteiger partial charge >= 0.3 is 5.97 Å². The van der Waals surface area contributed by atoms with Gasteiger partial charge in [-0.25, -0.2) is 22.6 Å². The highest BCUT2D eigenvalue weighted by Gasteiger charge is 2.25. The zero-order valence-corrected chi connectivity index (χ0v) is 26.2. The number of pyridine rings is 1. The molecular weight excluding hydrogens is 611 g/mol. The summed E-state index contributed by atoms with van der Waals surface area (Å²) in [6, 6.07) is 11.9. The third-order valence-corrected chi connectivity index (χ3v) is 9.56. The van der Waals surface area contributed by atoms with Gasteiger partial charge in [-0.2, -0.15) is 0 Å². The number of sulfonamides is 1. The molecule has 14 heteroatoms. The highest BCUT2D eigenvalue weighted by molar-refractivity contribution is 7.93. The minimum absolute atomic E-state index is 0.0511. The maximum atomic E-state index is 15.0. The van der Waals surface area contributed by atoms with Crippen molar-refractivity contribution in [1.29, 1.82) is 0 Å². The zero-order valence-electron chi connectivity index (χ0n) is 24.5. The summed E-state index contributed by atoms with van der Waals surface area (Å²) in [6.07, 6.45) is 0.868. The molecule has 1 fully saturated rings. The summed E-state index contributed by atoms with van der Waals surface area (Å²) < 4.78 is 64.9. The van der Waals surface area contributed by atoms with Crippen molar-refractivity contribution in [3.8, 4) is 23.1 Å². The maximum absolute atomic E-state index is 15.0. The summed E-state index contributed by atoms with van der Waals surface area (Å²) in [6.45, 7) is 5.70. The number of anilines is 1. The summed E-state index contributed by atoms with van der Waals surface area (Å²) >= 11 is 0.927. The number of halogens is 1. The smallest absolute Gasteiger partial charge is 0.349 e. The minimum Gasteiger partial charge on any atom is -0.493 e. The van der Waals surface area contributed by atoms with Crippen LogP contribution in [0.3, 0.4) is 0 Å². The van der Waals surface area contributed by atoms with Gasteiger partial charge in [0.1, 0.15) is 9.77 Å². The Labute approximate surface area is 259 Å². The summed E-state index contributed by atoms with van der Waals surface area (Å²) in [5.74, 6) is -0.484. The van der Waals surface area contributed by atoms with Crippen molar-refractivity contribution in [2.75, 3.05) is 65.3 Å². The Hall–Kier alpha value is -3.98. The van der Waals surface area contributed by atoms with Crippen LogP contribution < -0.4 is 18.9 Å². The molecule has 2 aromatic carbocycles. The van der Waals surface area contributed by atoms with E-state index in [0.717, 1.165) is 69.0 Å². The molecule has 5 rings (SSSR count). The number of rotatable bonds is 12. The van der Waals surface area contributed by atoms with Gasteiger partial charge in [-0.1, -0.05) is 0 Å². The van der Waals surface area contributed by atoms with Crippen molar-refractivity contribution >= 4 is 43.9 Å². The summed E-state index contributed by atoms with van der Waals surface area (Å²) in [4.78, 5) is 20.8. The molecule has 0 spiro atoms. The number of hydrogen-bond acceptors (Lipinski definition) is 11. The van der Waals surface area contributed by atoms with Gasteiger partial charge in [0, 0.05) is 56.3 Å². The molecule has 3 heterocycles. The fraction of sp³-hybridized carbons (Fsp3) is 0.333. The molecule has 1 N–H and O–H groups in total. The third-order valence-electron chi connectivity index (χ3n) is 7.11. The molecule has 1 aliphatic heterocycles. The molecule has 0 atom stereocenters. The molecule has 0 radical (unpaired) electrons. The number of aromatic nitrogens is 1. The van der Waals surface area contributed by atoms with Gasteiger partial charge in [-0.3, -0.25) is 4.72 Å². The van der Waals surface area contributed by atoms with E-state index in [-0.39, 0.29) is 27.1 Å². The third kappa shape index (κ3) is 7.38. The number of thiophene rings is 1. The van der Waals surface area contributed by atoms with Crippen LogP contribution in [0.4, 0.5) is 10.1 Å². The molecule has 1 saturated heterocycles. The number of nitrogens with zero attached hydrogens (tertiary/aromatic N) is 3.